The monoisotopic (exact) mass is 624 g/mol. The van der Waals surface area contributed by atoms with Gasteiger partial charge in [-0.2, -0.15) is 0 Å². The van der Waals surface area contributed by atoms with Gasteiger partial charge in [0, 0.05) is 30.2 Å². The molecular formula is C28H40N4O10S. The van der Waals surface area contributed by atoms with E-state index in [2.05, 4.69) is 25.7 Å². The number of methoxy groups -OCH3 is 1. The van der Waals surface area contributed by atoms with Crippen LogP contribution in [-0.4, -0.2) is 84.3 Å². The molecular weight excluding hydrogens is 584 g/mol. The summed E-state index contributed by atoms with van der Waals surface area (Å²) in [6.07, 6.45) is 4.20. The Hall–Kier alpha value is -3.75. The van der Waals surface area contributed by atoms with Crippen LogP contribution in [0, 0.1) is 0 Å². The topological polar surface area (TPSA) is 188 Å². The maximum atomic E-state index is 13.2. The van der Waals surface area contributed by atoms with Gasteiger partial charge in [-0.1, -0.05) is 0 Å². The van der Waals surface area contributed by atoms with Crippen LogP contribution in [0.25, 0.3) is 0 Å². The number of carbonyl (C=O) groups excluding carboxylic acids is 6. The van der Waals surface area contributed by atoms with E-state index in [0.29, 0.717) is 0 Å². The molecule has 238 valence electrons. The van der Waals surface area contributed by atoms with Crippen LogP contribution in [0.5, 0.6) is 0 Å². The minimum atomic E-state index is -1.38. The Labute approximate surface area is 253 Å². The van der Waals surface area contributed by atoms with E-state index in [1.54, 1.807) is 5.38 Å². The van der Waals surface area contributed by atoms with Gasteiger partial charge >= 0.3 is 24.0 Å². The Balaban J connectivity index is 1.67. The quantitative estimate of drug-likeness (QED) is 0.241. The van der Waals surface area contributed by atoms with E-state index in [1.165, 1.54) is 11.3 Å². The van der Waals surface area contributed by atoms with Crippen molar-refractivity contribution in [3.63, 3.8) is 0 Å². The fraction of sp³-hybridized carbons (Fsp3) is 0.679. The number of ether oxygens (including phenoxy) is 4. The van der Waals surface area contributed by atoms with E-state index in [9.17, 15) is 28.8 Å². The van der Waals surface area contributed by atoms with Gasteiger partial charge in [0.15, 0.2) is 6.04 Å². The van der Waals surface area contributed by atoms with Crippen molar-refractivity contribution in [1.29, 1.82) is 0 Å². The highest BCUT2D eigenvalue weighted by molar-refractivity contribution is 7.10. The van der Waals surface area contributed by atoms with Gasteiger partial charge in [-0.05, 0) is 59.3 Å². The molecule has 43 heavy (non-hydrogen) atoms. The van der Waals surface area contributed by atoms with E-state index < -0.39 is 66.7 Å². The van der Waals surface area contributed by atoms with Crippen molar-refractivity contribution in [2.24, 2.45) is 0 Å². The second kappa shape index (κ2) is 13.7. The average Bonchev–Trinajstić information content (AvgIpc) is 3.43. The summed E-state index contributed by atoms with van der Waals surface area (Å²) >= 11 is 1.35. The third kappa shape index (κ3) is 9.12. The third-order valence-electron chi connectivity index (χ3n) is 7.53. The Kier molecular flexibility index (Phi) is 10.7. The maximum absolute atomic E-state index is 13.2. The smallest absolute Gasteiger partial charge is 0.408 e. The first-order valence-corrected chi connectivity index (χ1v) is 14.9. The summed E-state index contributed by atoms with van der Waals surface area (Å²) in [6.45, 7) is 6.75. The molecule has 0 unspecified atom stereocenters. The van der Waals surface area contributed by atoms with Gasteiger partial charge in [0.25, 0.3) is 5.91 Å². The summed E-state index contributed by atoms with van der Waals surface area (Å²) in [5, 5.41) is 10.4. The van der Waals surface area contributed by atoms with Crippen LogP contribution in [-0.2, 0) is 43.5 Å². The number of rotatable bonds is 11. The normalized spacial score (nSPS) is 22.4. The zero-order valence-electron chi connectivity index (χ0n) is 25.3. The lowest BCUT2D eigenvalue weighted by atomic mass is 9.57. The fourth-order valence-corrected chi connectivity index (χ4v) is 6.33. The number of thiazole rings is 1. The molecule has 2 atom stereocenters. The van der Waals surface area contributed by atoms with Gasteiger partial charge in [0.05, 0.1) is 12.1 Å². The molecule has 4 rings (SSSR count). The molecule has 0 spiro atoms. The fourth-order valence-electron chi connectivity index (χ4n) is 5.24. The Morgan fingerprint density at radius 1 is 0.907 bits per heavy atom. The molecule has 1 heterocycles. The molecule has 2 bridgehead atoms. The molecule has 0 aliphatic heterocycles. The molecule has 0 aromatic carbocycles. The Morgan fingerprint density at radius 2 is 1.47 bits per heavy atom. The molecule has 3 amide bonds. The Bertz CT molecular complexity index is 1220. The number of hydrogen-bond acceptors (Lipinski definition) is 12. The SMILES string of the molecule is COC(=O)[C@H](COC(C)=O)NC(=O)[C@H](COC(C)=O)NC(=O)c1csc(C23CCC(NC(=O)OC(C)(C)C)(CC2)CC3)n1. The summed E-state index contributed by atoms with van der Waals surface area (Å²) in [4.78, 5) is 78.0. The van der Waals surface area contributed by atoms with Crippen LogP contribution in [0.15, 0.2) is 5.38 Å². The summed E-state index contributed by atoms with van der Waals surface area (Å²) < 4.78 is 19.9. The standard InChI is InChI=1S/C28H40N4O10S/c1-16(33)40-13-18(21(35)30-19(23(37)39-6)14-41-17(2)34)29-22(36)20-15-43-24(31-20)27-7-10-28(11-8-27,12-9-27)32-25(38)42-26(3,4)5/h15,18-19H,7-14H2,1-6H3,(H,29,36)(H,30,35)(H,32,38)/t18-,19-,27?,28?/m0/s1. The van der Waals surface area contributed by atoms with Gasteiger partial charge < -0.3 is 34.9 Å². The number of nitrogens with zero attached hydrogens (tertiary/aromatic N) is 1. The van der Waals surface area contributed by atoms with Gasteiger partial charge in [0.1, 0.15) is 30.6 Å². The van der Waals surface area contributed by atoms with E-state index in [4.69, 9.17) is 14.2 Å². The van der Waals surface area contributed by atoms with E-state index >= 15 is 0 Å². The minimum absolute atomic E-state index is 0.0914. The summed E-state index contributed by atoms with van der Waals surface area (Å²) in [5.41, 5.74) is -1.04. The highest BCUT2D eigenvalue weighted by atomic mass is 32.1. The van der Waals surface area contributed by atoms with Gasteiger partial charge in [-0.3, -0.25) is 19.2 Å². The second-order valence-electron chi connectivity index (χ2n) is 11.9. The number of fused-ring (bicyclic) bond motifs is 3. The second-order valence-corrected chi connectivity index (χ2v) is 12.8. The number of alkyl carbamates (subject to hydrolysis) is 1. The number of nitrogens with one attached hydrogen (secondary N) is 3. The molecule has 3 aliphatic rings. The zero-order valence-corrected chi connectivity index (χ0v) is 26.1. The predicted molar refractivity (Wildman–Crippen MR) is 152 cm³/mol. The minimum Gasteiger partial charge on any atom is -0.467 e. The van der Waals surface area contributed by atoms with E-state index in [0.717, 1.165) is 64.5 Å². The van der Waals surface area contributed by atoms with Gasteiger partial charge in [-0.25, -0.2) is 14.6 Å². The lowest BCUT2D eigenvalue weighted by Crippen LogP contribution is -2.58. The molecule has 14 nitrogen and oxygen atoms in total. The number of hydrogen-bond donors (Lipinski definition) is 3. The molecule has 0 saturated heterocycles. The van der Waals surface area contributed by atoms with Gasteiger partial charge in [-0.15, -0.1) is 11.3 Å². The summed E-state index contributed by atoms with van der Waals surface area (Å²) in [6, 6.07) is -2.73. The van der Waals surface area contributed by atoms with Crippen molar-refractivity contribution in [1.82, 2.24) is 20.9 Å². The van der Waals surface area contributed by atoms with E-state index in [-0.39, 0.29) is 16.6 Å². The molecule has 1 aromatic heterocycles. The maximum Gasteiger partial charge on any atom is 0.408 e. The van der Waals surface area contributed by atoms with E-state index in [1.807, 2.05) is 20.8 Å². The van der Waals surface area contributed by atoms with Crippen molar-refractivity contribution in [3.05, 3.63) is 16.1 Å². The molecule has 0 radical (unpaired) electrons. The third-order valence-corrected chi connectivity index (χ3v) is 8.62. The van der Waals surface area contributed by atoms with Crippen molar-refractivity contribution >= 4 is 47.2 Å². The zero-order chi connectivity index (χ0) is 32.0. The molecule has 3 aliphatic carbocycles. The lowest BCUT2D eigenvalue weighted by Gasteiger charge is -2.52. The molecule has 3 fully saturated rings. The number of amides is 3. The first-order valence-electron chi connectivity index (χ1n) is 14.0. The van der Waals surface area contributed by atoms with Crippen molar-refractivity contribution in [2.45, 2.75) is 102 Å². The van der Waals surface area contributed by atoms with Crippen molar-refractivity contribution < 1.29 is 47.7 Å². The van der Waals surface area contributed by atoms with Crippen LogP contribution in [0.3, 0.4) is 0 Å². The number of esters is 3. The first-order chi connectivity index (χ1) is 20.1. The molecule has 3 N–H and O–H groups in total. The van der Waals surface area contributed by atoms with Crippen molar-refractivity contribution in [2.75, 3.05) is 20.3 Å². The summed E-state index contributed by atoms with van der Waals surface area (Å²) in [5.74, 6) is -3.76. The van der Waals surface area contributed by atoms with Crippen LogP contribution in [0.1, 0.15) is 88.6 Å². The predicted octanol–water partition coefficient (Wildman–Crippen LogP) is 1.89. The molecule has 1 aromatic rings. The summed E-state index contributed by atoms with van der Waals surface area (Å²) in [7, 11) is 1.10. The number of aromatic nitrogens is 1. The van der Waals surface area contributed by atoms with Gasteiger partial charge in [0.2, 0.25) is 5.91 Å². The van der Waals surface area contributed by atoms with Crippen LogP contribution < -0.4 is 16.0 Å². The first kappa shape index (κ1) is 33.7. The highest BCUT2D eigenvalue weighted by Gasteiger charge is 2.51. The lowest BCUT2D eigenvalue weighted by molar-refractivity contribution is -0.152. The van der Waals surface area contributed by atoms with Crippen LogP contribution >= 0.6 is 11.3 Å². The molecule has 15 heteroatoms. The largest absolute Gasteiger partial charge is 0.467 e. The Morgan fingerprint density at radius 3 is 1.98 bits per heavy atom. The molecule has 3 saturated carbocycles. The highest BCUT2D eigenvalue weighted by Crippen LogP contribution is 2.54. The number of carbonyl (C=O) groups is 6. The van der Waals surface area contributed by atoms with Crippen LogP contribution in [0.4, 0.5) is 4.79 Å². The average molecular weight is 625 g/mol. The van der Waals surface area contributed by atoms with Crippen LogP contribution in [0.2, 0.25) is 0 Å². The van der Waals surface area contributed by atoms with Crippen molar-refractivity contribution in [3.8, 4) is 0 Å².